The highest BCUT2D eigenvalue weighted by Gasteiger charge is 2.22. The van der Waals surface area contributed by atoms with E-state index >= 15 is 0 Å². The summed E-state index contributed by atoms with van der Waals surface area (Å²) >= 11 is 0. The third kappa shape index (κ3) is 3.11. The van der Waals surface area contributed by atoms with E-state index in [4.69, 9.17) is 5.73 Å². The molecule has 1 unspecified atom stereocenters. The summed E-state index contributed by atoms with van der Waals surface area (Å²) in [5.74, 6) is 0. The molecule has 28 heavy (non-hydrogen) atoms. The summed E-state index contributed by atoms with van der Waals surface area (Å²) < 4.78 is 2.16. The Morgan fingerprint density at radius 3 is 2.43 bits per heavy atom. The summed E-state index contributed by atoms with van der Waals surface area (Å²) in [5, 5.41) is 1.06. The Kier molecular flexibility index (Phi) is 4.57. The standard InChI is InChI=1S/C23H22N4O/c1-16(17-10-12-25-13-11-17)27(23(24)28)20-8-9-21-19(14-20)15-22(26(21)2)18-6-4-3-5-7-18/h3-16H,1-2H3,(H2,24,28). The Labute approximate surface area is 164 Å². The van der Waals surface area contributed by atoms with Crippen molar-refractivity contribution in [2.24, 2.45) is 12.8 Å². The summed E-state index contributed by atoms with van der Waals surface area (Å²) in [4.78, 5) is 17.9. The monoisotopic (exact) mass is 370 g/mol. The number of urea groups is 1. The normalized spacial score (nSPS) is 12.1. The Morgan fingerprint density at radius 1 is 1.04 bits per heavy atom. The summed E-state index contributed by atoms with van der Waals surface area (Å²) in [6.45, 7) is 1.96. The first-order chi connectivity index (χ1) is 13.6. The Balaban J connectivity index is 1.78. The lowest BCUT2D eigenvalue weighted by Crippen LogP contribution is -2.37. The second kappa shape index (κ2) is 7.19. The molecular formula is C23H22N4O. The molecule has 0 radical (unpaired) electrons. The number of primary amides is 1. The van der Waals surface area contributed by atoms with Crippen molar-refractivity contribution in [2.75, 3.05) is 4.90 Å². The third-order valence-electron chi connectivity index (χ3n) is 5.19. The summed E-state index contributed by atoms with van der Waals surface area (Å²) in [5.41, 5.74) is 10.9. The number of carbonyl (C=O) groups is 1. The van der Waals surface area contributed by atoms with E-state index in [-0.39, 0.29) is 6.04 Å². The number of fused-ring (bicyclic) bond motifs is 1. The highest BCUT2D eigenvalue weighted by Crippen LogP contribution is 2.33. The quantitative estimate of drug-likeness (QED) is 0.556. The van der Waals surface area contributed by atoms with Crippen molar-refractivity contribution in [2.45, 2.75) is 13.0 Å². The van der Waals surface area contributed by atoms with E-state index in [0.717, 1.165) is 33.4 Å². The fourth-order valence-electron chi connectivity index (χ4n) is 3.71. The number of nitrogens with two attached hydrogens (primary N) is 1. The number of aromatic nitrogens is 2. The van der Waals surface area contributed by atoms with Crippen LogP contribution >= 0.6 is 0 Å². The van der Waals surface area contributed by atoms with Crippen LogP contribution in [0, 0.1) is 0 Å². The molecule has 0 aliphatic carbocycles. The minimum Gasteiger partial charge on any atom is -0.351 e. The van der Waals surface area contributed by atoms with Crippen LogP contribution in [0.5, 0.6) is 0 Å². The van der Waals surface area contributed by atoms with Gasteiger partial charge >= 0.3 is 6.03 Å². The van der Waals surface area contributed by atoms with Crippen LogP contribution in [0.2, 0.25) is 0 Å². The van der Waals surface area contributed by atoms with Crippen LogP contribution in [0.25, 0.3) is 22.2 Å². The van der Waals surface area contributed by atoms with Crippen LogP contribution in [0.3, 0.4) is 0 Å². The minimum atomic E-state index is -0.483. The van der Waals surface area contributed by atoms with E-state index in [1.807, 2.05) is 55.5 Å². The van der Waals surface area contributed by atoms with Crippen molar-refractivity contribution in [1.82, 2.24) is 9.55 Å². The van der Waals surface area contributed by atoms with Crippen LogP contribution in [-0.4, -0.2) is 15.6 Å². The van der Waals surface area contributed by atoms with Gasteiger partial charge in [0.2, 0.25) is 0 Å². The number of benzene rings is 2. The van der Waals surface area contributed by atoms with Gasteiger partial charge < -0.3 is 10.3 Å². The lowest BCUT2D eigenvalue weighted by molar-refractivity contribution is 0.252. The zero-order valence-electron chi connectivity index (χ0n) is 15.9. The van der Waals surface area contributed by atoms with Crippen LogP contribution in [0.1, 0.15) is 18.5 Å². The molecule has 2 heterocycles. The number of nitrogens with zero attached hydrogens (tertiary/aromatic N) is 3. The Bertz CT molecular complexity index is 1120. The molecular weight excluding hydrogens is 348 g/mol. The molecule has 5 heteroatoms. The van der Waals surface area contributed by atoms with Crippen LogP contribution in [-0.2, 0) is 7.05 Å². The molecule has 1 atom stereocenters. The van der Waals surface area contributed by atoms with Crippen LogP contribution < -0.4 is 10.6 Å². The number of hydrogen-bond donors (Lipinski definition) is 1. The second-order valence-corrected chi connectivity index (χ2v) is 6.86. The lowest BCUT2D eigenvalue weighted by Gasteiger charge is -2.28. The van der Waals surface area contributed by atoms with E-state index < -0.39 is 6.03 Å². The maximum absolute atomic E-state index is 12.3. The molecule has 2 N–H and O–H groups in total. The summed E-state index contributed by atoms with van der Waals surface area (Å²) in [6.07, 6.45) is 3.44. The molecule has 4 rings (SSSR count). The molecule has 0 aliphatic heterocycles. The number of hydrogen-bond acceptors (Lipinski definition) is 2. The van der Waals surface area contributed by atoms with Crippen molar-refractivity contribution in [3.63, 3.8) is 0 Å². The van der Waals surface area contributed by atoms with E-state index in [1.54, 1.807) is 17.3 Å². The summed E-state index contributed by atoms with van der Waals surface area (Å²) in [6, 6.07) is 21.5. The molecule has 2 aromatic heterocycles. The Morgan fingerprint density at radius 2 is 1.75 bits per heavy atom. The maximum Gasteiger partial charge on any atom is 0.319 e. The Hall–Kier alpha value is -3.60. The molecule has 2 aromatic carbocycles. The van der Waals surface area contributed by atoms with Crippen LogP contribution in [0.15, 0.2) is 79.1 Å². The number of amides is 2. The topological polar surface area (TPSA) is 64.2 Å². The van der Waals surface area contributed by atoms with Gasteiger partial charge in [-0.25, -0.2) is 4.79 Å². The van der Waals surface area contributed by atoms with Crippen molar-refractivity contribution in [1.29, 1.82) is 0 Å². The number of anilines is 1. The molecule has 0 aliphatic rings. The number of carbonyl (C=O) groups excluding carboxylic acids is 1. The molecule has 4 aromatic rings. The van der Waals surface area contributed by atoms with Gasteiger partial charge in [0.25, 0.3) is 0 Å². The molecule has 0 saturated carbocycles. The zero-order valence-corrected chi connectivity index (χ0v) is 15.9. The summed E-state index contributed by atoms with van der Waals surface area (Å²) in [7, 11) is 2.05. The molecule has 5 nitrogen and oxygen atoms in total. The van der Waals surface area contributed by atoms with E-state index in [1.165, 1.54) is 0 Å². The lowest BCUT2D eigenvalue weighted by atomic mass is 10.1. The third-order valence-corrected chi connectivity index (χ3v) is 5.19. The first-order valence-electron chi connectivity index (χ1n) is 9.20. The van der Waals surface area contributed by atoms with Gasteiger partial charge in [0.1, 0.15) is 0 Å². The van der Waals surface area contributed by atoms with Gasteiger partial charge in [0, 0.05) is 41.7 Å². The molecule has 0 fully saturated rings. The average molecular weight is 370 g/mol. The highest BCUT2D eigenvalue weighted by atomic mass is 16.2. The molecule has 0 bridgehead atoms. The van der Waals surface area contributed by atoms with Crippen LogP contribution in [0.4, 0.5) is 10.5 Å². The van der Waals surface area contributed by atoms with Gasteiger partial charge in [-0.2, -0.15) is 0 Å². The van der Waals surface area contributed by atoms with Gasteiger partial charge in [-0.05, 0) is 54.4 Å². The molecule has 2 amide bonds. The fourth-order valence-corrected chi connectivity index (χ4v) is 3.71. The van der Waals surface area contributed by atoms with Gasteiger partial charge in [0.05, 0.1) is 6.04 Å². The van der Waals surface area contributed by atoms with Crippen molar-refractivity contribution >= 4 is 22.6 Å². The molecule has 0 saturated heterocycles. The van der Waals surface area contributed by atoms with Crippen molar-refractivity contribution in [3.05, 3.63) is 84.7 Å². The number of pyridine rings is 1. The minimum absolute atomic E-state index is 0.199. The SMILES string of the molecule is CC(c1ccncc1)N(C(N)=O)c1ccc2c(c1)cc(-c1ccccc1)n2C. The van der Waals surface area contributed by atoms with E-state index in [2.05, 4.69) is 34.8 Å². The van der Waals surface area contributed by atoms with Gasteiger partial charge in [0.15, 0.2) is 0 Å². The van der Waals surface area contributed by atoms with Gasteiger partial charge in [-0.3, -0.25) is 9.88 Å². The smallest absolute Gasteiger partial charge is 0.319 e. The average Bonchev–Trinajstić information content (AvgIpc) is 3.05. The van der Waals surface area contributed by atoms with E-state index in [0.29, 0.717) is 0 Å². The first-order valence-corrected chi connectivity index (χ1v) is 9.20. The predicted molar refractivity (Wildman–Crippen MR) is 113 cm³/mol. The zero-order chi connectivity index (χ0) is 19.7. The largest absolute Gasteiger partial charge is 0.351 e. The maximum atomic E-state index is 12.3. The second-order valence-electron chi connectivity index (χ2n) is 6.86. The van der Waals surface area contributed by atoms with E-state index in [9.17, 15) is 4.79 Å². The predicted octanol–water partition coefficient (Wildman–Crippen LogP) is 4.89. The molecule has 0 spiro atoms. The van der Waals surface area contributed by atoms with Crippen molar-refractivity contribution < 1.29 is 4.79 Å². The number of aryl methyl sites for hydroxylation is 1. The van der Waals surface area contributed by atoms with Crippen molar-refractivity contribution in [3.8, 4) is 11.3 Å². The van der Waals surface area contributed by atoms with Gasteiger partial charge in [-0.1, -0.05) is 30.3 Å². The number of rotatable bonds is 4. The van der Waals surface area contributed by atoms with Gasteiger partial charge in [-0.15, -0.1) is 0 Å². The molecule has 140 valence electrons. The fraction of sp³-hybridized carbons (Fsp3) is 0.130. The highest BCUT2D eigenvalue weighted by molar-refractivity contribution is 5.96. The first kappa shape index (κ1) is 17.8.